The summed E-state index contributed by atoms with van der Waals surface area (Å²) in [6, 6.07) is 0. The Hall–Kier alpha value is -0.910. The van der Waals surface area contributed by atoms with Gasteiger partial charge in [-0.25, -0.2) is 4.79 Å². The second-order valence-corrected chi connectivity index (χ2v) is 10.2. The molecule has 0 spiro atoms. The van der Waals surface area contributed by atoms with Gasteiger partial charge in [-0.05, 0) is 20.8 Å². The van der Waals surface area contributed by atoms with Gasteiger partial charge in [0.05, 0.1) is 25.7 Å². The Bertz CT molecular complexity index is 606. The molecule has 2 atom stereocenters. The van der Waals surface area contributed by atoms with E-state index >= 15 is 0 Å². The van der Waals surface area contributed by atoms with E-state index in [1.165, 1.54) is 4.90 Å². The van der Waals surface area contributed by atoms with Gasteiger partial charge in [0.1, 0.15) is 5.60 Å². The molecule has 1 fully saturated rings. The third-order valence-corrected chi connectivity index (χ3v) is 4.35. The normalized spacial score (nSPS) is 22.6. The Kier molecular flexibility index (Phi) is 6.64. The van der Waals surface area contributed by atoms with Crippen LogP contribution in [0.25, 0.3) is 0 Å². The summed E-state index contributed by atoms with van der Waals surface area (Å²) < 4.78 is 59.5. The van der Waals surface area contributed by atoms with E-state index in [1.54, 1.807) is 20.8 Å². The lowest BCUT2D eigenvalue weighted by molar-refractivity contribution is 0.0280. The SMILES string of the molecule is CC(C)(C)OC(=O)N1C[C@@H](COS(C)(=O)=O)[C@@H](COS(C)(=O)=O)C1. The Morgan fingerprint density at radius 3 is 1.62 bits per heavy atom. The predicted molar refractivity (Wildman–Crippen MR) is 86.4 cm³/mol. The van der Waals surface area contributed by atoms with Crippen molar-refractivity contribution in [2.75, 3.05) is 38.8 Å². The van der Waals surface area contributed by atoms with Crippen molar-refractivity contribution in [2.24, 2.45) is 11.8 Å². The van der Waals surface area contributed by atoms with Crippen molar-refractivity contribution in [1.82, 2.24) is 4.90 Å². The van der Waals surface area contributed by atoms with Gasteiger partial charge in [-0.1, -0.05) is 0 Å². The van der Waals surface area contributed by atoms with Crippen LogP contribution < -0.4 is 0 Å². The zero-order valence-corrected chi connectivity index (χ0v) is 16.1. The van der Waals surface area contributed by atoms with Crippen molar-refractivity contribution in [3.8, 4) is 0 Å². The molecule has 1 saturated heterocycles. The first-order valence-electron chi connectivity index (χ1n) is 7.33. The Morgan fingerprint density at radius 1 is 0.958 bits per heavy atom. The van der Waals surface area contributed by atoms with Gasteiger partial charge in [-0.2, -0.15) is 16.8 Å². The zero-order chi connectivity index (χ0) is 18.8. The van der Waals surface area contributed by atoms with Crippen LogP contribution in [0.2, 0.25) is 0 Å². The van der Waals surface area contributed by atoms with Gasteiger partial charge in [0.2, 0.25) is 0 Å². The number of rotatable bonds is 6. The highest BCUT2D eigenvalue weighted by Gasteiger charge is 2.38. The number of hydrogen-bond acceptors (Lipinski definition) is 8. The van der Waals surface area contributed by atoms with E-state index in [4.69, 9.17) is 13.1 Å². The summed E-state index contributed by atoms with van der Waals surface area (Å²) in [6.45, 7) is 5.27. The number of nitrogens with zero attached hydrogens (tertiary/aromatic N) is 1. The molecule has 0 unspecified atom stereocenters. The van der Waals surface area contributed by atoms with Gasteiger partial charge >= 0.3 is 6.09 Å². The first-order chi connectivity index (χ1) is 10.7. The second-order valence-electron chi connectivity index (χ2n) is 6.88. The van der Waals surface area contributed by atoms with Crippen LogP contribution >= 0.6 is 0 Å². The highest BCUT2D eigenvalue weighted by Crippen LogP contribution is 2.26. The second kappa shape index (κ2) is 7.54. The third-order valence-electron chi connectivity index (χ3n) is 3.22. The van der Waals surface area contributed by atoms with Crippen molar-refractivity contribution < 1.29 is 34.7 Å². The molecule has 0 saturated carbocycles. The van der Waals surface area contributed by atoms with Crippen molar-refractivity contribution >= 4 is 26.3 Å². The lowest BCUT2D eigenvalue weighted by Gasteiger charge is -2.24. The summed E-state index contributed by atoms with van der Waals surface area (Å²) in [6.07, 6.45) is 1.30. The summed E-state index contributed by atoms with van der Waals surface area (Å²) in [4.78, 5) is 13.5. The highest BCUT2D eigenvalue weighted by molar-refractivity contribution is 7.86. The highest BCUT2D eigenvalue weighted by atomic mass is 32.2. The van der Waals surface area contributed by atoms with Crippen LogP contribution in [0.5, 0.6) is 0 Å². The number of carbonyl (C=O) groups excluding carboxylic acids is 1. The summed E-state index contributed by atoms with van der Waals surface area (Å²) >= 11 is 0. The number of carbonyl (C=O) groups is 1. The monoisotopic (exact) mass is 387 g/mol. The van der Waals surface area contributed by atoms with Crippen LogP contribution in [0.3, 0.4) is 0 Å². The molecule has 11 heteroatoms. The summed E-state index contributed by atoms with van der Waals surface area (Å²) in [7, 11) is -7.28. The fourth-order valence-electron chi connectivity index (χ4n) is 2.21. The van der Waals surface area contributed by atoms with Gasteiger partial charge in [0.25, 0.3) is 20.2 Å². The van der Waals surface area contributed by atoms with Crippen LogP contribution in [0.4, 0.5) is 4.79 Å². The fraction of sp³-hybridized carbons (Fsp3) is 0.923. The largest absolute Gasteiger partial charge is 0.444 e. The summed E-state index contributed by atoms with van der Waals surface area (Å²) in [5, 5.41) is 0. The van der Waals surface area contributed by atoms with E-state index in [1.807, 2.05) is 0 Å². The van der Waals surface area contributed by atoms with E-state index in [0.717, 1.165) is 12.5 Å². The standard InChI is InChI=1S/C13H25NO8S2/c1-13(2,3)22-12(15)14-6-10(8-20-23(4,16)17)11(7-14)9-21-24(5,18)19/h10-11H,6-9H2,1-5H3/t10-,11+. The lowest BCUT2D eigenvalue weighted by atomic mass is 9.98. The minimum absolute atomic E-state index is 0.157. The van der Waals surface area contributed by atoms with Gasteiger partial charge in [-0.15, -0.1) is 0 Å². The van der Waals surface area contributed by atoms with E-state index in [-0.39, 0.29) is 38.1 Å². The van der Waals surface area contributed by atoms with Gasteiger partial charge in [-0.3, -0.25) is 8.37 Å². The van der Waals surface area contributed by atoms with Crippen LogP contribution in [0.1, 0.15) is 20.8 Å². The van der Waals surface area contributed by atoms with Gasteiger partial charge < -0.3 is 9.64 Å². The molecule has 0 radical (unpaired) electrons. The Labute approximate surface area is 143 Å². The average molecular weight is 387 g/mol. The molecule has 9 nitrogen and oxygen atoms in total. The number of ether oxygens (including phenoxy) is 1. The summed E-state index contributed by atoms with van der Waals surface area (Å²) in [5.41, 5.74) is -0.669. The first-order valence-corrected chi connectivity index (χ1v) is 11.0. The van der Waals surface area contributed by atoms with Crippen LogP contribution in [0, 0.1) is 11.8 Å². The maximum Gasteiger partial charge on any atom is 0.410 e. The number of likely N-dealkylation sites (tertiary alicyclic amines) is 1. The van der Waals surface area contributed by atoms with Gasteiger partial charge in [0.15, 0.2) is 0 Å². The van der Waals surface area contributed by atoms with Gasteiger partial charge in [0, 0.05) is 24.9 Å². The molecular weight excluding hydrogens is 362 g/mol. The lowest BCUT2D eigenvalue weighted by Crippen LogP contribution is -2.35. The van der Waals surface area contributed by atoms with Crippen molar-refractivity contribution in [3.05, 3.63) is 0 Å². The molecule has 0 N–H and O–H groups in total. The maximum absolute atomic E-state index is 12.1. The summed E-state index contributed by atoms with van der Waals surface area (Å²) in [5.74, 6) is -0.761. The third kappa shape index (κ3) is 8.27. The molecule has 1 amide bonds. The average Bonchev–Trinajstić information content (AvgIpc) is 2.73. The van der Waals surface area contributed by atoms with Crippen LogP contribution in [-0.4, -0.2) is 72.2 Å². The molecule has 0 aromatic rings. The fourth-order valence-corrected chi connectivity index (χ4v) is 3.06. The molecular formula is C13H25NO8S2. The molecule has 1 rings (SSSR count). The van der Waals surface area contributed by atoms with Crippen LogP contribution in [0.15, 0.2) is 0 Å². The first kappa shape index (κ1) is 21.1. The van der Waals surface area contributed by atoms with Crippen LogP contribution in [-0.2, 0) is 33.3 Å². The Balaban J connectivity index is 2.78. The van der Waals surface area contributed by atoms with E-state index in [0.29, 0.717) is 0 Å². The molecule has 1 heterocycles. The van der Waals surface area contributed by atoms with E-state index in [9.17, 15) is 21.6 Å². The smallest absolute Gasteiger partial charge is 0.410 e. The van der Waals surface area contributed by atoms with E-state index in [2.05, 4.69) is 0 Å². The van der Waals surface area contributed by atoms with E-state index < -0.39 is 31.9 Å². The number of hydrogen-bond donors (Lipinski definition) is 0. The maximum atomic E-state index is 12.1. The molecule has 24 heavy (non-hydrogen) atoms. The Morgan fingerprint density at radius 2 is 1.33 bits per heavy atom. The van der Waals surface area contributed by atoms with Crippen molar-refractivity contribution in [2.45, 2.75) is 26.4 Å². The minimum Gasteiger partial charge on any atom is -0.444 e. The molecule has 0 aromatic carbocycles. The molecule has 1 aliphatic rings. The molecule has 0 bridgehead atoms. The predicted octanol–water partition coefficient (Wildman–Crippen LogP) is 0.422. The minimum atomic E-state index is -3.64. The van der Waals surface area contributed by atoms with Crippen molar-refractivity contribution in [3.63, 3.8) is 0 Å². The molecule has 1 aliphatic heterocycles. The molecule has 0 aliphatic carbocycles. The van der Waals surface area contributed by atoms with Crippen molar-refractivity contribution in [1.29, 1.82) is 0 Å². The zero-order valence-electron chi connectivity index (χ0n) is 14.5. The molecule has 142 valence electrons. The molecule has 0 aromatic heterocycles. The number of amides is 1. The topological polar surface area (TPSA) is 116 Å². The quantitative estimate of drug-likeness (QED) is 0.602.